The summed E-state index contributed by atoms with van der Waals surface area (Å²) in [5, 5.41) is 15.6. The van der Waals surface area contributed by atoms with Gasteiger partial charge in [-0.1, -0.05) is 36.4 Å². The van der Waals surface area contributed by atoms with Gasteiger partial charge in [0.2, 0.25) is 0 Å². The highest BCUT2D eigenvalue weighted by molar-refractivity contribution is 5.90. The third-order valence-electron chi connectivity index (χ3n) is 4.16. The quantitative estimate of drug-likeness (QED) is 0.674. The lowest BCUT2D eigenvalue weighted by Gasteiger charge is -2.20. The Labute approximate surface area is 123 Å². The summed E-state index contributed by atoms with van der Waals surface area (Å²) >= 11 is 0. The molecule has 4 rings (SSSR count). The Morgan fingerprint density at radius 2 is 2.05 bits per heavy atom. The highest BCUT2D eigenvalue weighted by Crippen LogP contribution is 2.30. The summed E-state index contributed by atoms with van der Waals surface area (Å²) in [7, 11) is 0. The summed E-state index contributed by atoms with van der Waals surface area (Å²) in [5.41, 5.74) is 4.96. The van der Waals surface area contributed by atoms with E-state index in [0.717, 1.165) is 36.1 Å². The third-order valence-corrected chi connectivity index (χ3v) is 4.16. The molecule has 1 atom stereocenters. The molecule has 4 heteroatoms. The van der Waals surface area contributed by atoms with Crippen LogP contribution in [0.25, 0.3) is 10.9 Å². The van der Waals surface area contributed by atoms with Crippen LogP contribution in [0.4, 0.5) is 5.69 Å². The molecule has 21 heavy (non-hydrogen) atoms. The Morgan fingerprint density at radius 1 is 1.10 bits per heavy atom. The molecule has 2 heterocycles. The fraction of sp³-hybridized carbons (Fsp3) is 0.235. The molecule has 0 radical (unpaired) electrons. The van der Waals surface area contributed by atoms with E-state index in [1.165, 1.54) is 11.1 Å². The first-order valence-corrected chi connectivity index (χ1v) is 7.39. The van der Waals surface area contributed by atoms with Crippen LogP contribution in [-0.4, -0.2) is 16.7 Å². The van der Waals surface area contributed by atoms with Crippen LogP contribution in [0.2, 0.25) is 0 Å². The standard InChI is InChI=1S/C17H18N4/c1-2-6-14-12(4-1)10-18-9-8-15(14)20-16-7-3-5-13-11-19-21-17(13)16/h1-7,11,15,18,20H,8-10H2,(H,19,21). The minimum absolute atomic E-state index is 0.324. The first-order valence-electron chi connectivity index (χ1n) is 7.39. The lowest BCUT2D eigenvalue weighted by Crippen LogP contribution is -2.15. The lowest BCUT2D eigenvalue weighted by molar-refractivity contribution is 0.637. The van der Waals surface area contributed by atoms with Gasteiger partial charge in [-0.15, -0.1) is 0 Å². The lowest BCUT2D eigenvalue weighted by atomic mass is 9.99. The Kier molecular flexibility index (Phi) is 3.09. The second kappa shape index (κ2) is 5.22. The number of nitrogens with zero attached hydrogens (tertiary/aromatic N) is 1. The molecular weight excluding hydrogens is 260 g/mol. The number of hydrogen-bond acceptors (Lipinski definition) is 3. The van der Waals surface area contributed by atoms with Gasteiger partial charge in [0, 0.05) is 11.9 Å². The number of benzene rings is 2. The van der Waals surface area contributed by atoms with Crippen LogP contribution in [0, 0.1) is 0 Å². The topological polar surface area (TPSA) is 52.7 Å². The maximum atomic E-state index is 4.14. The molecule has 1 aromatic heterocycles. The van der Waals surface area contributed by atoms with Gasteiger partial charge in [0.15, 0.2) is 0 Å². The normalized spacial score (nSPS) is 18.2. The van der Waals surface area contributed by atoms with Crippen molar-refractivity contribution < 1.29 is 0 Å². The van der Waals surface area contributed by atoms with Crippen molar-refractivity contribution in [1.29, 1.82) is 0 Å². The number of aromatic nitrogens is 2. The highest BCUT2D eigenvalue weighted by atomic mass is 15.1. The van der Waals surface area contributed by atoms with Gasteiger partial charge in [-0.2, -0.15) is 5.10 Å². The molecule has 106 valence electrons. The summed E-state index contributed by atoms with van der Waals surface area (Å²) in [6, 6.07) is 15.3. The smallest absolute Gasteiger partial charge is 0.0881 e. The van der Waals surface area contributed by atoms with Gasteiger partial charge in [0.05, 0.1) is 23.4 Å². The highest BCUT2D eigenvalue weighted by Gasteiger charge is 2.18. The molecule has 3 aromatic rings. The van der Waals surface area contributed by atoms with Crippen LogP contribution in [0.15, 0.2) is 48.7 Å². The Bertz CT molecular complexity index is 762. The molecule has 0 amide bonds. The fourth-order valence-corrected chi connectivity index (χ4v) is 3.09. The maximum Gasteiger partial charge on any atom is 0.0881 e. The van der Waals surface area contributed by atoms with Gasteiger partial charge < -0.3 is 10.6 Å². The third kappa shape index (κ3) is 2.28. The Balaban J connectivity index is 1.72. The zero-order valence-electron chi connectivity index (χ0n) is 11.8. The fourth-order valence-electron chi connectivity index (χ4n) is 3.09. The molecule has 0 fully saturated rings. The van der Waals surface area contributed by atoms with Crippen LogP contribution in [0.3, 0.4) is 0 Å². The van der Waals surface area contributed by atoms with Crippen molar-refractivity contribution in [1.82, 2.24) is 15.5 Å². The van der Waals surface area contributed by atoms with Crippen LogP contribution >= 0.6 is 0 Å². The zero-order chi connectivity index (χ0) is 14.1. The molecule has 0 spiro atoms. The first-order chi connectivity index (χ1) is 10.4. The molecule has 4 nitrogen and oxygen atoms in total. The monoisotopic (exact) mass is 278 g/mol. The van der Waals surface area contributed by atoms with Crippen molar-refractivity contribution >= 4 is 16.6 Å². The SMILES string of the molecule is c1ccc2c(c1)CNCCC2Nc1cccc2cn[nH]c12. The zero-order valence-corrected chi connectivity index (χ0v) is 11.8. The summed E-state index contributed by atoms with van der Waals surface area (Å²) in [6.07, 6.45) is 2.94. The van der Waals surface area contributed by atoms with Gasteiger partial charge in [0.1, 0.15) is 0 Å². The average Bonchev–Trinajstić information content (AvgIpc) is 2.91. The van der Waals surface area contributed by atoms with Crippen molar-refractivity contribution in [2.24, 2.45) is 0 Å². The second-order valence-electron chi connectivity index (χ2n) is 5.50. The van der Waals surface area contributed by atoms with Crippen molar-refractivity contribution in [3.63, 3.8) is 0 Å². The second-order valence-corrected chi connectivity index (χ2v) is 5.50. The maximum absolute atomic E-state index is 4.14. The molecule has 0 bridgehead atoms. The molecule has 1 unspecified atom stereocenters. The van der Waals surface area contributed by atoms with E-state index in [2.05, 4.69) is 63.3 Å². The number of nitrogens with one attached hydrogen (secondary N) is 3. The minimum atomic E-state index is 0.324. The minimum Gasteiger partial charge on any atom is -0.376 e. The number of fused-ring (bicyclic) bond motifs is 2. The van der Waals surface area contributed by atoms with Gasteiger partial charge in [-0.25, -0.2) is 0 Å². The van der Waals surface area contributed by atoms with Crippen molar-refractivity contribution in [3.8, 4) is 0 Å². The van der Waals surface area contributed by atoms with Crippen molar-refractivity contribution in [2.75, 3.05) is 11.9 Å². The molecule has 0 saturated carbocycles. The Hall–Kier alpha value is -2.33. The van der Waals surface area contributed by atoms with Crippen LogP contribution in [-0.2, 0) is 6.54 Å². The largest absolute Gasteiger partial charge is 0.376 e. The van der Waals surface area contributed by atoms with E-state index in [4.69, 9.17) is 0 Å². The van der Waals surface area contributed by atoms with Crippen LogP contribution in [0.1, 0.15) is 23.6 Å². The Morgan fingerprint density at radius 3 is 3.05 bits per heavy atom. The summed E-state index contributed by atoms with van der Waals surface area (Å²) < 4.78 is 0. The van der Waals surface area contributed by atoms with Gasteiger partial charge in [0.25, 0.3) is 0 Å². The van der Waals surface area contributed by atoms with Gasteiger partial charge >= 0.3 is 0 Å². The van der Waals surface area contributed by atoms with Crippen LogP contribution < -0.4 is 10.6 Å². The average molecular weight is 278 g/mol. The molecule has 0 saturated heterocycles. The summed E-state index contributed by atoms with van der Waals surface area (Å²) in [5.74, 6) is 0. The molecule has 0 aliphatic carbocycles. The number of anilines is 1. The van der Waals surface area contributed by atoms with Crippen molar-refractivity contribution in [3.05, 3.63) is 59.8 Å². The van der Waals surface area contributed by atoms with E-state index in [1.54, 1.807) is 0 Å². The molecular formula is C17H18N4. The van der Waals surface area contributed by atoms with E-state index in [-0.39, 0.29) is 0 Å². The summed E-state index contributed by atoms with van der Waals surface area (Å²) in [4.78, 5) is 0. The van der Waals surface area contributed by atoms with Crippen LogP contribution in [0.5, 0.6) is 0 Å². The van der Waals surface area contributed by atoms with Gasteiger partial charge in [-0.3, -0.25) is 5.10 Å². The predicted molar refractivity (Wildman–Crippen MR) is 85.2 cm³/mol. The first kappa shape index (κ1) is 12.4. The van der Waals surface area contributed by atoms with E-state index in [9.17, 15) is 0 Å². The number of aromatic amines is 1. The number of rotatable bonds is 2. The molecule has 2 aromatic carbocycles. The van der Waals surface area contributed by atoms with Crippen molar-refractivity contribution in [2.45, 2.75) is 19.0 Å². The summed E-state index contributed by atoms with van der Waals surface area (Å²) in [6.45, 7) is 1.97. The number of para-hydroxylation sites is 1. The van der Waals surface area contributed by atoms with E-state index in [1.807, 2.05) is 6.20 Å². The molecule has 1 aliphatic heterocycles. The number of hydrogen-bond donors (Lipinski definition) is 3. The predicted octanol–water partition coefficient (Wildman–Crippen LogP) is 3.21. The van der Waals surface area contributed by atoms with E-state index >= 15 is 0 Å². The molecule has 3 N–H and O–H groups in total. The van der Waals surface area contributed by atoms with Gasteiger partial charge in [-0.05, 0) is 30.2 Å². The molecule has 1 aliphatic rings. The number of H-pyrrole nitrogens is 1. The van der Waals surface area contributed by atoms with E-state index < -0.39 is 0 Å². The van der Waals surface area contributed by atoms with E-state index in [0.29, 0.717) is 6.04 Å².